The van der Waals surface area contributed by atoms with Crippen molar-refractivity contribution in [3.05, 3.63) is 29.3 Å². The molecule has 0 aliphatic rings. The van der Waals surface area contributed by atoms with Crippen molar-refractivity contribution in [2.45, 2.75) is 0 Å². The summed E-state index contributed by atoms with van der Waals surface area (Å²) in [7, 11) is 2.90. The maximum absolute atomic E-state index is 11.3. The fourth-order valence-electron chi connectivity index (χ4n) is 1.34. The van der Waals surface area contributed by atoms with Crippen LogP contribution in [0.4, 0.5) is 5.69 Å². The van der Waals surface area contributed by atoms with E-state index in [4.69, 9.17) is 4.74 Å². The molecule has 0 heterocycles. The fraction of sp³-hybridized carbons (Fsp3) is 0.333. The molecule has 0 fully saturated rings. The molecular formula is C12H15NO4. The number of rotatable bonds is 6. The highest BCUT2D eigenvalue weighted by atomic mass is 16.5. The molecule has 0 saturated heterocycles. The van der Waals surface area contributed by atoms with Gasteiger partial charge in [-0.05, 0) is 18.2 Å². The van der Waals surface area contributed by atoms with E-state index in [-0.39, 0.29) is 0 Å². The molecule has 0 bridgehead atoms. The van der Waals surface area contributed by atoms with Crippen LogP contribution in [-0.4, -0.2) is 39.6 Å². The number of esters is 1. The molecule has 5 heteroatoms. The monoisotopic (exact) mass is 237 g/mol. The Kier molecular flexibility index (Phi) is 5.16. The minimum Gasteiger partial charge on any atom is -0.465 e. The Bertz CT molecular complexity index is 403. The van der Waals surface area contributed by atoms with Crippen molar-refractivity contribution in [2.24, 2.45) is 0 Å². The second kappa shape index (κ2) is 6.65. The minimum absolute atomic E-state index is 0.401. The van der Waals surface area contributed by atoms with E-state index in [0.717, 1.165) is 6.29 Å². The summed E-state index contributed by atoms with van der Waals surface area (Å²) in [4.78, 5) is 22.2. The third kappa shape index (κ3) is 3.57. The minimum atomic E-state index is -0.433. The number of nitrogens with one attached hydrogen (secondary N) is 1. The Morgan fingerprint density at radius 3 is 2.76 bits per heavy atom. The van der Waals surface area contributed by atoms with Crippen LogP contribution in [-0.2, 0) is 9.47 Å². The van der Waals surface area contributed by atoms with Crippen molar-refractivity contribution in [1.82, 2.24) is 0 Å². The summed E-state index contributed by atoms with van der Waals surface area (Å²) in [5.74, 6) is -0.433. The summed E-state index contributed by atoms with van der Waals surface area (Å²) >= 11 is 0. The van der Waals surface area contributed by atoms with Crippen LogP contribution < -0.4 is 5.32 Å². The number of ether oxygens (including phenoxy) is 2. The van der Waals surface area contributed by atoms with E-state index < -0.39 is 5.97 Å². The first-order chi connectivity index (χ1) is 8.22. The van der Waals surface area contributed by atoms with Gasteiger partial charge in [0, 0.05) is 24.9 Å². The average Bonchev–Trinajstić information content (AvgIpc) is 2.38. The first-order valence-corrected chi connectivity index (χ1v) is 5.13. The predicted molar refractivity (Wildman–Crippen MR) is 63.5 cm³/mol. The summed E-state index contributed by atoms with van der Waals surface area (Å²) in [5, 5.41) is 3.02. The van der Waals surface area contributed by atoms with E-state index in [1.165, 1.54) is 7.11 Å². The Labute approximate surface area is 99.7 Å². The van der Waals surface area contributed by atoms with E-state index in [0.29, 0.717) is 30.0 Å². The van der Waals surface area contributed by atoms with E-state index in [9.17, 15) is 9.59 Å². The summed E-state index contributed by atoms with van der Waals surface area (Å²) in [6, 6.07) is 4.72. The van der Waals surface area contributed by atoms with Crippen LogP contribution in [0.15, 0.2) is 18.2 Å². The topological polar surface area (TPSA) is 64.6 Å². The molecule has 0 atom stereocenters. The molecule has 17 heavy (non-hydrogen) atoms. The van der Waals surface area contributed by atoms with E-state index in [2.05, 4.69) is 10.1 Å². The number of carbonyl (C=O) groups is 2. The fourth-order valence-corrected chi connectivity index (χ4v) is 1.34. The van der Waals surface area contributed by atoms with Gasteiger partial charge in [0.15, 0.2) is 6.29 Å². The van der Waals surface area contributed by atoms with Gasteiger partial charge in [-0.3, -0.25) is 4.79 Å². The highest BCUT2D eigenvalue weighted by Crippen LogP contribution is 2.16. The van der Waals surface area contributed by atoms with Gasteiger partial charge >= 0.3 is 5.97 Å². The van der Waals surface area contributed by atoms with Gasteiger partial charge in [0.05, 0.1) is 19.3 Å². The van der Waals surface area contributed by atoms with Crippen LogP contribution >= 0.6 is 0 Å². The smallest absolute Gasteiger partial charge is 0.337 e. The van der Waals surface area contributed by atoms with Gasteiger partial charge in [0.2, 0.25) is 0 Å². The van der Waals surface area contributed by atoms with Crippen LogP contribution in [0.1, 0.15) is 20.7 Å². The SMILES string of the molecule is COCCNc1cc(C(=O)OC)ccc1C=O. The van der Waals surface area contributed by atoms with Gasteiger partial charge in [0.1, 0.15) is 0 Å². The number of methoxy groups -OCH3 is 2. The second-order valence-corrected chi connectivity index (χ2v) is 3.33. The molecule has 0 spiro atoms. The van der Waals surface area contributed by atoms with Crippen LogP contribution in [0.2, 0.25) is 0 Å². The van der Waals surface area contributed by atoms with Gasteiger partial charge < -0.3 is 14.8 Å². The molecule has 1 aromatic rings. The molecular weight excluding hydrogens is 222 g/mol. The van der Waals surface area contributed by atoms with Crippen molar-refractivity contribution in [3.63, 3.8) is 0 Å². The van der Waals surface area contributed by atoms with E-state index >= 15 is 0 Å². The molecule has 0 unspecified atom stereocenters. The largest absolute Gasteiger partial charge is 0.465 e. The Morgan fingerprint density at radius 2 is 2.18 bits per heavy atom. The molecule has 5 nitrogen and oxygen atoms in total. The molecule has 92 valence electrons. The molecule has 0 aromatic heterocycles. The van der Waals surface area contributed by atoms with Crippen molar-refractivity contribution in [1.29, 1.82) is 0 Å². The lowest BCUT2D eigenvalue weighted by atomic mass is 10.1. The molecule has 0 amide bonds. The molecule has 1 rings (SSSR count). The first kappa shape index (κ1) is 13.2. The molecule has 1 aromatic carbocycles. The maximum atomic E-state index is 11.3. The molecule has 0 saturated carbocycles. The lowest BCUT2D eigenvalue weighted by molar-refractivity contribution is 0.0600. The first-order valence-electron chi connectivity index (χ1n) is 5.13. The van der Waals surface area contributed by atoms with Gasteiger partial charge in [-0.15, -0.1) is 0 Å². The van der Waals surface area contributed by atoms with Gasteiger partial charge in [0.25, 0.3) is 0 Å². The van der Waals surface area contributed by atoms with Gasteiger partial charge in [-0.2, -0.15) is 0 Å². The zero-order chi connectivity index (χ0) is 12.7. The van der Waals surface area contributed by atoms with Crippen molar-refractivity contribution < 1.29 is 19.1 Å². The van der Waals surface area contributed by atoms with Crippen LogP contribution in [0.3, 0.4) is 0 Å². The zero-order valence-corrected chi connectivity index (χ0v) is 9.86. The summed E-state index contributed by atoms with van der Waals surface area (Å²) < 4.78 is 9.50. The van der Waals surface area contributed by atoms with Crippen LogP contribution in [0.5, 0.6) is 0 Å². The van der Waals surface area contributed by atoms with Crippen molar-refractivity contribution in [2.75, 3.05) is 32.7 Å². The average molecular weight is 237 g/mol. The lowest BCUT2D eigenvalue weighted by Gasteiger charge is -2.09. The molecule has 0 aliphatic heterocycles. The van der Waals surface area contributed by atoms with E-state index in [1.54, 1.807) is 25.3 Å². The van der Waals surface area contributed by atoms with Crippen LogP contribution in [0, 0.1) is 0 Å². The van der Waals surface area contributed by atoms with E-state index in [1.807, 2.05) is 0 Å². The Morgan fingerprint density at radius 1 is 1.41 bits per heavy atom. The number of anilines is 1. The summed E-state index contributed by atoms with van der Waals surface area (Å²) in [5.41, 5.74) is 1.49. The lowest BCUT2D eigenvalue weighted by Crippen LogP contribution is -2.10. The Balaban J connectivity index is 2.90. The molecule has 0 radical (unpaired) electrons. The standard InChI is InChI=1S/C12H15NO4/c1-16-6-5-13-11-7-9(12(15)17-2)3-4-10(11)8-14/h3-4,7-8,13H,5-6H2,1-2H3. The highest BCUT2D eigenvalue weighted by Gasteiger charge is 2.09. The summed E-state index contributed by atoms with van der Waals surface area (Å²) in [6.45, 7) is 1.07. The normalized spacial score (nSPS) is 9.76. The van der Waals surface area contributed by atoms with Crippen molar-refractivity contribution >= 4 is 17.9 Å². The third-order valence-corrected chi connectivity index (χ3v) is 2.22. The number of carbonyl (C=O) groups excluding carboxylic acids is 2. The van der Waals surface area contributed by atoms with Crippen LogP contribution in [0.25, 0.3) is 0 Å². The molecule has 0 aliphatic carbocycles. The third-order valence-electron chi connectivity index (χ3n) is 2.22. The summed E-state index contributed by atoms with van der Waals surface area (Å²) in [6.07, 6.45) is 0.732. The molecule has 1 N–H and O–H groups in total. The Hall–Kier alpha value is -1.88. The van der Waals surface area contributed by atoms with Gasteiger partial charge in [-0.1, -0.05) is 0 Å². The number of hydrogen-bond acceptors (Lipinski definition) is 5. The highest BCUT2D eigenvalue weighted by molar-refractivity contribution is 5.93. The van der Waals surface area contributed by atoms with Gasteiger partial charge in [-0.25, -0.2) is 4.79 Å². The number of benzene rings is 1. The zero-order valence-electron chi connectivity index (χ0n) is 9.86. The van der Waals surface area contributed by atoms with Crippen molar-refractivity contribution in [3.8, 4) is 0 Å². The second-order valence-electron chi connectivity index (χ2n) is 3.33. The number of aldehydes is 1. The number of hydrogen-bond donors (Lipinski definition) is 1. The maximum Gasteiger partial charge on any atom is 0.337 e. The quantitative estimate of drug-likeness (QED) is 0.459. The predicted octanol–water partition coefficient (Wildman–Crippen LogP) is 1.34.